The number of piperidine rings is 1. The molecule has 150 valence electrons. The van der Waals surface area contributed by atoms with E-state index in [0.717, 1.165) is 0 Å². The highest BCUT2D eigenvalue weighted by atomic mass is 19.4. The normalized spacial score (nSPS) is 18.3. The van der Waals surface area contributed by atoms with E-state index >= 15 is 0 Å². The van der Waals surface area contributed by atoms with Gasteiger partial charge in [0.1, 0.15) is 12.0 Å². The third kappa shape index (κ3) is 4.64. The summed E-state index contributed by atoms with van der Waals surface area (Å²) in [5, 5.41) is 11.5. The van der Waals surface area contributed by atoms with Crippen molar-refractivity contribution in [2.24, 2.45) is 0 Å². The van der Waals surface area contributed by atoms with Crippen LogP contribution in [0.15, 0.2) is 8.94 Å². The van der Waals surface area contributed by atoms with Gasteiger partial charge in [0.2, 0.25) is 11.8 Å². The second-order valence-corrected chi connectivity index (χ2v) is 6.97. The maximum Gasteiger partial charge on any atom is 0.396 e. The van der Waals surface area contributed by atoms with Gasteiger partial charge >= 0.3 is 6.18 Å². The lowest BCUT2D eigenvalue weighted by molar-refractivity contribution is -0.128. The molecule has 0 amide bonds. The van der Waals surface area contributed by atoms with Crippen LogP contribution in [-0.4, -0.2) is 51.6 Å². The molecule has 2 aromatic heterocycles. The Morgan fingerprint density at radius 1 is 1.22 bits per heavy atom. The van der Waals surface area contributed by atoms with Crippen LogP contribution in [0.2, 0.25) is 0 Å². The summed E-state index contributed by atoms with van der Waals surface area (Å²) in [4.78, 5) is 6.02. The van der Waals surface area contributed by atoms with E-state index in [-0.39, 0.29) is 17.6 Å². The Labute approximate surface area is 154 Å². The fraction of sp³-hybridized carbons (Fsp3) is 0.750. The van der Waals surface area contributed by atoms with Gasteiger partial charge in [-0.3, -0.25) is 4.90 Å². The molecule has 0 N–H and O–H groups in total. The van der Waals surface area contributed by atoms with Gasteiger partial charge in [0.05, 0.1) is 6.54 Å². The molecule has 1 saturated heterocycles. The summed E-state index contributed by atoms with van der Waals surface area (Å²) in [5.41, 5.74) is -0.884. The van der Waals surface area contributed by atoms with Gasteiger partial charge in [-0.1, -0.05) is 19.0 Å². The predicted molar refractivity (Wildman–Crippen MR) is 85.6 cm³/mol. The first-order valence-electron chi connectivity index (χ1n) is 8.70. The van der Waals surface area contributed by atoms with E-state index in [1.54, 1.807) is 0 Å². The first-order chi connectivity index (χ1) is 12.7. The molecule has 3 heterocycles. The quantitative estimate of drug-likeness (QED) is 0.745. The van der Waals surface area contributed by atoms with Crippen molar-refractivity contribution in [3.05, 3.63) is 23.5 Å². The van der Waals surface area contributed by atoms with Crippen molar-refractivity contribution in [1.82, 2.24) is 25.2 Å². The zero-order chi connectivity index (χ0) is 19.7. The molecule has 8 nitrogen and oxygen atoms in total. The van der Waals surface area contributed by atoms with E-state index in [4.69, 9.17) is 13.7 Å². The molecule has 0 radical (unpaired) electrons. The van der Waals surface area contributed by atoms with Gasteiger partial charge in [0, 0.05) is 26.1 Å². The molecule has 0 bridgehead atoms. The molecule has 0 unspecified atom stereocenters. The molecule has 1 fully saturated rings. The highest BCUT2D eigenvalue weighted by molar-refractivity contribution is 5.03. The monoisotopic (exact) mass is 389 g/mol. The van der Waals surface area contributed by atoms with Gasteiger partial charge < -0.3 is 13.7 Å². The summed E-state index contributed by atoms with van der Waals surface area (Å²) in [6.45, 7) is 5.68. The van der Waals surface area contributed by atoms with Gasteiger partial charge in [0.25, 0.3) is 5.89 Å². The van der Waals surface area contributed by atoms with Crippen LogP contribution < -0.4 is 0 Å². The minimum absolute atomic E-state index is 0.0868. The Balaban J connectivity index is 1.62. The molecule has 0 saturated carbocycles. The number of alkyl halides is 3. The van der Waals surface area contributed by atoms with E-state index in [2.05, 4.69) is 25.2 Å². The summed E-state index contributed by atoms with van der Waals surface area (Å²) >= 11 is 0. The summed E-state index contributed by atoms with van der Waals surface area (Å²) in [7, 11) is 1.50. The van der Waals surface area contributed by atoms with E-state index in [0.29, 0.717) is 44.3 Å². The molecule has 1 aliphatic rings. The molecule has 0 atom stereocenters. The number of nitrogens with zero attached hydrogens (tertiary/aromatic N) is 5. The molecule has 2 aromatic rings. The first kappa shape index (κ1) is 19.7. The fourth-order valence-electron chi connectivity index (χ4n) is 3.02. The summed E-state index contributed by atoms with van der Waals surface area (Å²) < 4.78 is 53.8. The Morgan fingerprint density at radius 2 is 1.93 bits per heavy atom. The average Bonchev–Trinajstić information content (AvgIpc) is 3.24. The Morgan fingerprint density at radius 3 is 2.48 bits per heavy atom. The third-order valence-electron chi connectivity index (χ3n) is 4.61. The van der Waals surface area contributed by atoms with Crippen molar-refractivity contribution in [2.75, 3.05) is 20.2 Å². The zero-order valence-electron chi connectivity index (χ0n) is 15.4. The molecular formula is C16H22F3N5O3. The van der Waals surface area contributed by atoms with Crippen molar-refractivity contribution in [2.45, 2.75) is 57.3 Å². The lowest BCUT2D eigenvalue weighted by atomic mass is 9.91. The maximum atomic E-state index is 12.5. The van der Waals surface area contributed by atoms with Gasteiger partial charge in [-0.15, -0.1) is 10.2 Å². The summed E-state index contributed by atoms with van der Waals surface area (Å²) in [6.07, 6.45) is -4.61. The molecule has 27 heavy (non-hydrogen) atoms. The number of ether oxygens (including phenoxy) is 1. The minimum atomic E-state index is -4.39. The Bertz CT molecular complexity index is 751. The number of halogens is 3. The number of hydrogen-bond donors (Lipinski definition) is 0. The van der Waals surface area contributed by atoms with Crippen molar-refractivity contribution in [1.29, 1.82) is 0 Å². The van der Waals surface area contributed by atoms with Crippen LogP contribution in [0.3, 0.4) is 0 Å². The number of likely N-dealkylation sites (tertiary alicyclic amines) is 1. The Hall–Kier alpha value is -2.01. The standard InChI is InChI=1S/C16H22F3N5O3/c1-10(2)13-22-21-12(26-13)9-24-6-4-15(25-3,5-7-24)14-20-11(23-27-14)8-16(17,18)19/h10H,4-9H2,1-3H3. The van der Waals surface area contributed by atoms with Crippen LogP contribution >= 0.6 is 0 Å². The zero-order valence-corrected chi connectivity index (χ0v) is 15.4. The van der Waals surface area contributed by atoms with Crippen LogP contribution in [0.4, 0.5) is 13.2 Å². The van der Waals surface area contributed by atoms with E-state index in [1.165, 1.54) is 7.11 Å². The molecule has 3 rings (SSSR count). The number of rotatable bonds is 6. The molecular weight excluding hydrogens is 367 g/mol. The van der Waals surface area contributed by atoms with Gasteiger partial charge in [-0.25, -0.2) is 0 Å². The first-order valence-corrected chi connectivity index (χ1v) is 8.70. The molecule has 11 heteroatoms. The van der Waals surface area contributed by atoms with E-state index in [9.17, 15) is 13.2 Å². The van der Waals surface area contributed by atoms with Crippen LogP contribution in [0.5, 0.6) is 0 Å². The van der Waals surface area contributed by atoms with Crippen LogP contribution in [0.1, 0.15) is 56.1 Å². The van der Waals surface area contributed by atoms with Gasteiger partial charge in [0.15, 0.2) is 5.82 Å². The number of methoxy groups -OCH3 is 1. The van der Waals surface area contributed by atoms with E-state index in [1.807, 2.05) is 13.8 Å². The highest BCUT2D eigenvalue weighted by Gasteiger charge is 2.42. The van der Waals surface area contributed by atoms with Crippen LogP contribution in [0, 0.1) is 0 Å². The lowest BCUT2D eigenvalue weighted by Crippen LogP contribution is -2.43. The van der Waals surface area contributed by atoms with E-state index < -0.39 is 18.2 Å². The largest absolute Gasteiger partial charge is 0.424 e. The predicted octanol–water partition coefficient (Wildman–Crippen LogP) is 2.82. The topological polar surface area (TPSA) is 90.3 Å². The van der Waals surface area contributed by atoms with Crippen molar-refractivity contribution in [3.63, 3.8) is 0 Å². The summed E-state index contributed by atoms with van der Waals surface area (Å²) in [5.74, 6) is 0.995. The number of aromatic nitrogens is 4. The fourth-order valence-corrected chi connectivity index (χ4v) is 3.02. The second kappa shape index (κ2) is 7.55. The van der Waals surface area contributed by atoms with Crippen molar-refractivity contribution < 1.29 is 26.8 Å². The lowest BCUT2D eigenvalue weighted by Gasteiger charge is -2.37. The molecule has 0 aliphatic carbocycles. The maximum absolute atomic E-state index is 12.5. The Kier molecular flexibility index (Phi) is 5.52. The van der Waals surface area contributed by atoms with Gasteiger partial charge in [-0.2, -0.15) is 18.2 Å². The molecule has 0 spiro atoms. The second-order valence-electron chi connectivity index (χ2n) is 6.97. The van der Waals surface area contributed by atoms with Crippen molar-refractivity contribution in [3.8, 4) is 0 Å². The SMILES string of the molecule is COC1(c2nc(CC(F)(F)F)no2)CCN(Cc2nnc(C(C)C)o2)CC1. The smallest absolute Gasteiger partial charge is 0.396 e. The average molecular weight is 389 g/mol. The highest BCUT2D eigenvalue weighted by Crippen LogP contribution is 2.36. The van der Waals surface area contributed by atoms with Gasteiger partial charge in [-0.05, 0) is 12.8 Å². The molecule has 1 aliphatic heterocycles. The summed E-state index contributed by atoms with van der Waals surface area (Å²) in [6, 6.07) is 0. The van der Waals surface area contributed by atoms with Crippen LogP contribution in [0.25, 0.3) is 0 Å². The third-order valence-corrected chi connectivity index (χ3v) is 4.61. The van der Waals surface area contributed by atoms with Crippen LogP contribution in [-0.2, 0) is 23.3 Å². The van der Waals surface area contributed by atoms with Crippen molar-refractivity contribution >= 4 is 0 Å². The number of hydrogen-bond acceptors (Lipinski definition) is 8. The minimum Gasteiger partial charge on any atom is -0.424 e. The molecule has 0 aromatic carbocycles.